The van der Waals surface area contributed by atoms with Crippen LogP contribution in [0.25, 0.3) is 43.7 Å². The molecule has 0 spiro atoms. The number of nitrogens with zero attached hydrogens (tertiary/aromatic N) is 2. The largest absolute Gasteiger partial charge is 0.252 e. The van der Waals surface area contributed by atoms with Crippen LogP contribution in [-0.4, -0.2) is 9.97 Å². The highest BCUT2D eigenvalue weighted by atomic mass is 14.8. The molecule has 0 atom stereocenters. The lowest BCUT2D eigenvalue weighted by Gasteiger charge is -2.11. The van der Waals surface area contributed by atoms with Gasteiger partial charge in [0.1, 0.15) is 0 Å². The first-order valence-corrected chi connectivity index (χ1v) is 8.43. The average molecular weight is 320 g/mol. The molecule has 25 heavy (non-hydrogen) atoms. The van der Waals surface area contributed by atoms with Crippen LogP contribution in [0.5, 0.6) is 0 Å². The number of benzene rings is 4. The van der Waals surface area contributed by atoms with Gasteiger partial charge in [0, 0.05) is 23.2 Å². The first-order chi connectivity index (χ1) is 12.3. The van der Waals surface area contributed by atoms with Crippen molar-refractivity contribution in [2.45, 2.75) is 6.92 Å². The van der Waals surface area contributed by atoms with E-state index in [0.717, 1.165) is 21.8 Å². The fourth-order valence-corrected chi connectivity index (χ4v) is 3.63. The van der Waals surface area contributed by atoms with E-state index in [2.05, 4.69) is 83.6 Å². The van der Waals surface area contributed by atoms with E-state index < -0.39 is 0 Å². The zero-order valence-corrected chi connectivity index (χ0v) is 13.9. The van der Waals surface area contributed by atoms with Gasteiger partial charge < -0.3 is 0 Å². The normalized spacial score (nSPS) is 11.4. The number of hydrogen-bond acceptors (Lipinski definition) is 2. The van der Waals surface area contributed by atoms with Crippen molar-refractivity contribution in [2.75, 3.05) is 0 Å². The molecular formula is C23H16N2. The van der Waals surface area contributed by atoms with E-state index in [1.807, 2.05) is 0 Å². The third kappa shape index (κ3) is 2.18. The molecule has 0 unspecified atom stereocenters. The van der Waals surface area contributed by atoms with Gasteiger partial charge in [-0.15, -0.1) is 0 Å². The van der Waals surface area contributed by atoms with Gasteiger partial charge >= 0.3 is 0 Å². The summed E-state index contributed by atoms with van der Waals surface area (Å²) >= 11 is 0. The maximum absolute atomic E-state index is 4.61. The molecule has 4 aromatic carbocycles. The van der Waals surface area contributed by atoms with Crippen LogP contribution in [0.1, 0.15) is 5.56 Å². The minimum atomic E-state index is 0.965. The van der Waals surface area contributed by atoms with Gasteiger partial charge in [-0.05, 0) is 34.9 Å². The Labute approximate surface area is 145 Å². The second kappa shape index (κ2) is 5.38. The van der Waals surface area contributed by atoms with E-state index in [1.165, 1.54) is 27.5 Å². The van der Waals surface area contributed by atoms with Crippen molar-refractivity contribution in [1.29, 1.82) is 0 Å². The van der Waals surface area contributed by atoms with E-state index in [9.17, 15) is 0 Å². The van der Waals surface area contributed by atoms with Crippen LogP contribution >= 0.6 is 0 Å². The second-order valence-corrected chi connectivity index (χ2v) is 6.43. The minimum absolute atomic E-state index is 0.965. The Morgan fingerprint density at radius 2 is 1.24 bits per heavy atom. The Hall–Kier alpha value is -3.26. The lowest BCUT2D eigenvalue weighted by Crippen LogP contribution is -1.89. The van der Waals surface area contributed by atoms with Crippen molar-refractivity contribution in [3.05, 3.63) is 84.7 Å². The highest BCUT2D eigenvalue weighted by molar-refractivity contribution is 6.23. The van der Waals surface area contributed by atoms with Crippen molar-refractivity contribution in [3.63, 3.8) is 0 Å². The molecule has 0 saturated carbocycles. The Morgan fingerprint density at radius 1 is 0.560 bits per heavy atom. The standard InChI is InChI=1S/C23H16N2/c1-15-5-4-6-16(13-15)17-9-10-20-21(14-17)18-7-2-3-8-19(18)22-23(20)25-12-11-24-22/h2-14H,1H3. The second-order valence-electron chi connectivity index (χ2n) is 6.43. The van der Waals surface area contributed by atoms with Gasteiger partial charge in [0.25, 0.3) is 0 Å². The molecule has 0 aliphatic heterocycles. The van der Waals surface area contributed by atoms with Gasteiger partial charge in [-0.25, -0.2) is 0 Å². The summed E-state index contributed by atoms with van der Waals surface area (Å²) < 4.78 is 0. The van der Waals surface area contributed by atoms with Crippen molar-refractivity contribution in [2.24, 2.45) is 0 Å². The van der Waals surface area contributed by atoms with Crippen LogP contribution < -0.4 is 0 Å². The van der Waals surface area contributed by atoms with Crippen LogP contribution in [0, 0.1) is 6.92 Å². The Bertz CT molecular complexity index is 1220. The molecule has 1 aromatic heterocycles. The first-order valence-electron chi connectivity index (χ1n) is 8.43. The molecule has 2 nitrogen and oxygen atoms in total. The highest BCUT2D eigenvalue weighted by Crippen LogP contribution is 2.35. The van der Waals surface area contributed by atoms with E-state index in [4.69, 9.17) is 0 Å². The molecule has 0 fully saturated rings. The predicted molar refractivity (Wildman–Crippen MR) is 105 cm³/mol. The third-order valence-corrected chi connectivity index (χ3v) is 4.80. The summed E-state index contributed by atoms with van der Waals surface area (Å²) in [4.78, 5) is 9.20. The smallest absolute Gasteiger partial charge is 0.0971 e. The molecule has 0 aliphatic rings. The van der Waals surface area contributed by atoms with Gasteiger partial charge in [-0.2, -0.15) is 0 Å². The lowest BCUT2D eigenvalue weighted by molar-refractivity contribution is 1.31. The summed E-state index contributed by atoms with van der Waals surface area (Å²) in [5.74, 6) is 0. The maximum atomic E-state index is 4.61. The van der Waals surface area contributed by atoms with E-state index >= 15 is 0 Å². The summed E-state index contributed by atoms with van der Waals surface area (Å²) in [7, 11) is 0. The highest BCUT2D eigenvalue weighted by Gasteiger charge is 2.11. The van der Waals surface area contributed by atoms with Crippen molar-refractivity contribution in [1.82, 2.24) is 9.97 Å². The maximum Gasteiger partial charge on any atom is 0.0971 e. The molecule has 0 saturated heterocycles. The zero-order valence-electron chi connectivity index (χ0n) is 13.9. The fraction of sp³-hybridized carbons (Fsp3) is 0.0435. The predicted octanol–water partition coefficient (Wildman–Crippen LogP) is 5.91. The van der Waals surface area contributed by atoms with Gasteiger partial charge in [0.15, 0.2) is 0 Å². The molecule has 1 heterocycles. The number of rotatable bonds is 1. The van der Waals surface area contributed by atoms with Crippen molar-refractivity contribution < 1.29 is 0 Å². The summed E-state index contributed by atoms with van der Waals surface area (Å²) in [5.41, 5.74) is 5.67. The number of aryl methyl sites for hydroxylation is 1. The third-order valence-electron chi connectivity index (χ3n) is 4.80. The van der Waals surface area contributed by atoms with Crippen LogP contribution in [0.4, 0.5) is 0 Å². The SMILES string of the molecule is Cc1cccc(-c2ccc3c(c2)c2ccccc2c2nccnc32)c1. The molecule has 0 radical (unpaired) electrons. The molecular weight excluding hydrogens is 304 g/mol. The van der Waals surface area contributed by atoms with Gasteiger partial charge in [0.05, 0.1) is 11.0 Å². The fourth-order valence-electron chi connectivity index (χ4n) is 3.63. The Morgan fingerprint density at radius 3 is 2.00 bits per heavy atom. The van der Waals surface area contributed by atoms with E-state index in [0.29, 0.717) is 0 Å². The van der Waals surface area contributed by atoms with Gasteiger partial charge in [0.2, 0.25) is 0 Å². The van der Waals surface area contributed by atoms with E-state index in [-0.39, 0.29) is 0 Å². The van der Waals surface area contributed by atoms with Crippen molar-refractivity contribution in [3.8, 4) is 11.1 Å². The molecule has 0 aliphatic carbocycles. The van der Waals surface area contributed by atoms with Gasteiger partial charge in [-0.1, -0.05) is 66.2 Å². The Balaban J connectivity index is 1.93. The Kier molecular flexibility index (Phi) is 3.04. The van der Waals surface area contributed by atoms with E-state index in [1.54, 1.807) is 12.4 Å². The number of aromatic nitrogens is 2. The molecule has 118 valence electrons. The molecule has 0 amide bonds. The molecule has 5 aromatic rings. The zero-order chi connectivity index (χ0) is 16.8. The van der Waals surface area contributed by atoms with Crippen LogP contribution in [0.15, 0.2) is 79.1 Å². The minimum Gasteiger partial charge on any atom is -0.252 e. The topological polar surface area (TPSA) is 25.8 Å². The monoisotopic (exact) mass is 320 g/mol. The number of fused-ring (bicyclic) bond motifs is 6. The first kappa shape index (κ1) is 14.1. The molecule has 0 bridgehead atoms. The summed E-state index contributed by atoms with van der Waals surface area (Å²) in [6, 6.07) is 23.7. The van der Waals surface area contributed by atoms with Gasteiger partial charge in [-0.3, -0.25) is 9.97 Å². The molecule has 5 rings (SSSR count). The molecule has 2 heteroatoms. The summed E-state index contributed by atoms with van der Waals surface area (Å²) in [6.07, 6.45) is 3.53. The summed E-state index contributed by atoms with van der Waals surface area (Å²) in [5, 5.41) is 4.75. The van der Waals surface area contributed by atoms with Crippen LogP contribution in [0.2, 0.25) is 0 Å². The molecule has 0 N–H and O–H groups in total. The van der Waals surface area contributed by atoms with Crippen molar-refractivity contribution >= 4 is 32.6 Å². The lowest BCUT2D eigenvalue weighted by atomic mass is 9.95. The number of hydrogen-bond donors (Lipinski definition) is 0. The van der Waals surface area contributed by atoms with Crippen LogP contribution in [-0.2, 0) is 0 Å². The average Bonchev–Trinajstić information content (AvgIpc) is 2.68. The van der Waals surface area contributed by atoms with Crippen LogP contribution in [0.3, 0.4) is 0 Å². The summed E-state index contributed by atoms with van der Waals surface area (Å²) in [6.45, 7) is 2.13. The quantitative estimate of drug-likeness (QED) is 0.359.